The summed E-state index contributed by atoms with van der Waals surface area (Å²) in [5.74, 6) is 2.72. The number of hydrogen-bond donors (Lipinski definition) is 7. The highest BCUT2D eigenvalue weighted by molar-refractivity contribution is 5.80. The van der Waals surface area contributed by atoms with Crippen molar-refractivity contribution >= 4 is 50.9 Å². The number of carboxylic acid groups (broad SMARTS) is 1. The van der Waals surface area contributed by atoms with Crippen LogP contribution in [0.1, 0.15) is 144 Å². The summed E-state index contributed by atoms with van der Waals surface area (Å²) in [5, 5.41) is 15.6. The number of carboxylic acids is 1. The molecule has 18 rings (SSSR count). The number of nitrogens with two attached hydrogens (primary N) is 1. The molecule has 6 aromatic carbocycles. The van der Waals surface area contributed by atoms with Crippen LogP contribution in [0.5, 0.6) is 17.2 Å². The Morgan fingerprint density at radius 1 is 0.415 bits per heavy atom. The molecule has 12 aromatic rings. The number of nitrogens with one attached hydrogen (secondary N) is 5. The Balaban J connectivity index is 0.000000129. The van der Waals surface area contributed by atoms with Gasteiger partial charge in [0, 0.05) is 130 Å². The highest BCUT2D eigenvalue weighted by Crippen LogP contribution is 2.40. The normalized spacial score (nSPS) is 19.8. The summed E-state index contributed by atoms with van der Waals surface area (Å²) in [5.41, 5.74) is 23.1. The molecule has 6 aliphatic rings. The van der Waals surface area contributed by atoms with Crippen LogP contribution in [0.15, 0.2) is 215 Å². The molecule has 3 fully saturated rings. The number of methoxy groups -OCH3 is 3. The number of carbonyl (C=O) groups excluding carboxylic acids is 2. The number of aliphatic carboxylic acids is 1. The van der Waals surface area contributed by atoms with Gasteiger partial charge >= 0.3 is 23.0 Å². The molecule has 0 bridgehead atoms. The average Bonchev–Trinajstić information content (AvgIpc) is 1.23. The largest absolute Gasteiger partial charge is 0.497 e. The van der Waals surface area contributed by atoms with Crippen LogP contribution in [-0.4, -0.2) is 180 Å². The van der Waals surface area contributed by atoms with Gasteiger partial charge in [-0.1, -0.05) is 72.8 Å². The first-order valence-electron chi connectivity index (χ1n) is 41.6. The quantitative estimate of drug-likeness (QED) is 0.0373. The Hall–Kier alpha value is -11.8. The van der Waals surface area contributed by atoms with Gasteiger partial charge in [0.1, 0.15) is 17.2 Å². The van der Waals surface area contributed by atoms with Crippen molar-refractivity contribution in [3.63, 3.8) is 0 Å². The summed E-state index contributed by atoms with van der Waals surface area (Å²) < 4.78 is 21.8. The number of para-hydroxylation sites is 6. The molecule has 25 heteroatoms. The maximum Gasteiger partial charge on any atom is 0.326 e. The second-order valence-corrected chi connectivity index (χ2v) is 32.2. The molecular formula is C93H107N15O10. The highest BCUT2D eigenvalue weighted by Gasteiger charge is 2.36. The fourth-order valence-corrected chi connectivity index (χ4v) is 18.9. The minimum Gasteiger partial charge on any atom is -0.497 e. The number of likely N-dealkylation sites (tertiary alicyclic amines) is 3. The number of aromatic nitrogens is 9. The summed E-state index contributed by atoms with van der Waals surface area (Å²) in [6.45, 7) is 5.41. The number of aryl methyl sites for hydroxylation is 3. The lowest BCUT2D eigenvalue weighted by Crippen LogP contribution is -2.48. The summed E-state index contributed by atoms with van der Waals surface area (Å²) >= 11 is 0. The molecule has 118 heavy (non-hydrogen) atoms. The van der Waals surface area contributed by atoms with Gasteiger partial charge in [-0.3, -0.25) is 57.7 Å². The Bertz CT molecular complexity index is 5350. The third kappa shape index (κ3) is 19.4. The van der Waals surface area contributed by atoms with Gasteiger partial charge in [0.2, 0.25) is 11.8 Å². The number of benzene rings is 6. The SMILES string of the molecule is COc1ccc2c(c1)CCC(N)C2Cc1cccnc1.COc1ccc2c(c1)CCC(NC(=O)CN1CCC(n3c(=O)[nH]c4ccccc43)CC1)C2Cc1cccnc1.COc1ccc2c(c1)CCC(NC(=O)CN1CCC(n3c(=O)[nH]c4ccccc43)CC1)C2Cc1cccnc1.O=C(O)CN1CCC(n2c(=O)[nH]c3ccccc32)CC1. The van der Waals surface area contributed by atoms with Crippen LogP contribution in [-0.2, 0) is 52.9 Å². The second kappa shape index (κ2) is 38.1. The second-order valence-electron chi connectivity index (χ2n) is 32.2. The van der Waals surface area contributed by atoms with Crippen molar-refractivity contribution in [2.45, 2.75) is 150 Å². The number of carbonyl (C=O) groups is 3. The Labute approximate surface area is 686 Å². The van der Waals surface area contributed by atoms with E-state index in [1.54, 1.807) is 33.7 Å². The van der Waals surface area contributed by atoms with Gasteiger partial charge in [-0.25, -0.2) is 14.4 Å². The van der Waals surface area contributed by atoms with Gasteiger partial charge in [-0.05, 0) is 237 Å². The number of amides is 2. The van der Waals surface area contributed by atoms with E-state index in [4.69, 9.17) is 25.1 Å². The molecule has 0 saturated carbocycles. The molecule has 6 atom stereocenters. The fourth-order valence-electron chi connectivity index (χ4n) is 18.9. The number of rotatable bonds is 20. The van der Waals surface area contributed by atoms with Crippen molar-refractivity contribution in [1.82, 2.24) is 68.9 Å². The van der Waals surface area contributed by atoms with Gasteiger partial charge in [0.25, 0.3) is 0 Å². The van der Waals surface area contributed by atoms with E-state index in [2.05, 4.69) is 105 Å². The lowest BCUT2D eigenvalue weighted by molar-refractivity contribution is -0.138. The molecule has 6 unspecified atom stereocenters. The Kier molecular flexibility index (Phi) is 26.3. The lowest BCUT2D eigenvalue weighted by atomic mass is 9.76. The molecule has 614 valence electrons. The van der Waals surface area contributed by atoms with E-state index >= 15 is 0 Å². The van der Waals surface area contributed by atoms with Crippen molar-refractivity contribution in [2.24, 2.45) is 5.73 Å². The summed E-state index contributed by atoms with van der Waals surface area (Å²) in [6.07, 6.45) is 24.4. The van der Waals surface area contributed by atoms with Crippen LogP contribution in [0.25, 0.3) is 33.1 Å². The van der Waals surface area contributed by atoms with E-state index in [0.29, 0.717) is 32.1 Å². The van der Waals surface area contributed by atoms with Gasteiger partial charge in [0.15, 0.2) is 0 Å². The van der Waals surface area contributed by atoms with Crippen LogP contribution in [0.2, 0.25) is 0 Å². The molecule has 25 nitrogen and oxygen atoms in total. The minimum absolute atomic E-state index is 0.0535. The number of piperidine rings is 3. The standard InChI is InChI=1S/2C31H35N5O3.C17H20N2O.C14H17N3O3/c2*1-39-24-9-10-25-22(18-24)8-11-27(26(25)17-21-5-4-14-32-19-21)33-30(37)20-35-15-12-23(13-16-35)36-29-7-3-2-6-28(29)34-31(36)38;1-20-14-5-6-15-13(10-14)4-7-17(18)16(15)9-12-3-2-8-19-11-12;18-13(19)9-16-7-5-10(6-8-16)17-12-4-2-1-3-11(12)15-14(17)20/h2*2-7,9-10,14,18-19,23,26-27H,8,11-13,15-17,20H2,1H3,(H,33,37)(H,34,38);2-3,5-6,8,10-11,16-17H,4,7,9,18H2,1H3;1-4,10H,5-9H2,(H,15,20)(H,18,19). The van der Waals surface area contributed by atoms with E-state index < -0.39 is 5.97 Å². The summed E-state index contributed by atoms with van der Waals surface area (Å²) in [6, 6.07) is 55.3. The smallest absolute Gasteiger partial charge is 0.326 e. The van der Waals surface area contributed by atoms with E-state index in [9.17, 15) is 28.8 Å². The van der Waals surface area contributed by atoms with Crippen LogP contribution >= 0.6 is 0 Å². The van der Waals surface area contributed by atoms with Crippen molar-refractivity contribution in [3.05, 3.63) is 282 Å². The van der Waals surface area contributed by atoms with Crippen molar-refractivity contribution < 1.29 is 33.7 Å². The van der Waals surface area contributed by atoms with Crippen molar-refractivity contribution in [2.75, 3.05) is 80.2 Å². The fraction of sp³-hybridized carbons (Fsp3) is 0.387. The summed E-state index contributed by atoms with van der Waals surface area (Å²) in [4.78, 5) is 103. The van der Waals surface area contributed by atoms with Crippen molar-refractivity contribution in [1.29, 1.82) is 0 Å². The third-order valence-corrected chi connectivity index (χ3v) is 24.9. The van der Waals surface area contributed by atoms with Gasteiger partial charge < -0.3 is 50.6 Å². The molecular weight excluding hydrogens is 1490 g/mol. The minimum atomic E-state index is -0.798. The number of aromatic amines is 3. The topological polar surface area (TPSA) is 311 Å². The zero-order chi connectivity index (χ0) is 81.6. The molecule has 6 aromatic heterocycles. The zero-order valence-electron chi connectivity index (χ0n) is 67.4. The van der Waals surface area contributed by atoms with E-state index in [-0.39, 0.29) is 83.5 Å². The number of ether oxygens (including phenoxy) is 3. The van der Waals surface area contributed by atoms with Crippen LogP contribution < -0.4 is 47.6 Å². The molecule has 3 saturated heterocycles. The molecule has 3 aliphatic heterocycles. The van der Waals surface area contributed by atoms with E-state index in [0.717, 1.165) is 173 Å². The number of H-pyrrole nitrogens is 3. The number of hydrogen-bond acceptors (Lipinski definition) is 16. The van der Waals surface area contributed by atoms with E-state index in [1.807, 2.05) is 153 Å². The first kappa shape index (κ1) is 81.4. The number of nitrogens with zero attached hydrogens (tertiary/aromatic N) is 9. The summed E-state index contributed by atoms with van der Waals surface area (Å²) in [7, 11) is 5.11. The molecule has 0 spiro atoms. The number of fused-ring (bicyclic) bond motifs is 6. The molecule has 2 amide bonds. The predicted molar refractivity (Wildman–Crippen MR) is 457 cm³/mol. The van der Waals surface area contributed by atoms with Gasteiger partial charge in [-0.2, -0.15) is 0 Å². The van der Waals surface area contributed by atoms with E-state index in [1.165, 1.54) is 50.1 Å². The van der Waals surface area contributed by atoms with Crippen LogP contribution in [0.3, 0.4) is 0 Å². The van der Waals surface area contributed by atoms with Crippen LogP contribution in [0.4, 0.5) is 0 Å². The predicted octanol–water partition coefficient (Wildman–Crippen LogP) is 11.4. The highest BCUT2D eigenvalue weighted by atomic mass is 16.5. The van der Waals surface area contributed by atoms with Crippen LogP contribution in [0, 0.1) is 0 Å². The van der Waals surface area contributed by atoms with Crippen molar-refractivity contribution in [3.8, 4) is 17.2 Å². The number of pyridine rings is 3. The third-order valence-electron chi connectivity index (χ3n) is 24.9. The van der Waals surface area contributed by atoms with Gasteiger partial charge in [-0.15, -0.1) is 0 Å². The lowest BCUT2D eigenvalue weighted by Gasteiger charge is -2.36. The maximum atomic E-state index is 13.3. The molecule has 0 radical (unpaired) electrons. The monoisotopic (exact) mass is 1590 g/mol. The van der Waals surface area contributed by atoms with Gasteiger partial charge in [0.05, 0.1) is 74.1 Å². The molecule has 9 heterocycles. The molecule has 8 N–H and O–H groups in total. The maximum absolute atomic E-state index is 13.3. The molecule has 3 aliphatic carbocycles. The average molecular weight is 1590 g/mol. The Morgan fingerprint density at radius 2 is 0.737 bits per heavy atom. The Morgan fingerprint density at radius 3 is 1.07 bits per heavy atom. The number of imidazole rings is 3. The first-order valence-corrected chi connectivity index (χ1v) is 41.6. The first-order chi connectivity index (χ1) is 57.6. The zero-order valence-corrected chi connectivity index (χ0v) is 67.4.